The maximum Gasteiger partial charge on any atom is 0.347 e. The predicted octanol–water partition coefficient (Wildman–Crippen LogP) is 3.59. The van der Waals surface area contributed by atoms with Gasteiger partial charge in [0.1, 0.15) is 11.5 Å². The summed E-state index contributed by atoms with van der Waals surface area (Å²) in [6.07, 6.45) is 1.34. The monoisotopic (exact) mass is 324 g/mol. The van der Waals surface area contributed by atoms with E-state index < -0.39 is 18.0 Å². The van der Waals surface area contributed by atoms with E-state index >= 15 is 0 Å². The molecule has 1 aliphatic rings. The average molecular weight is 324 g/mol. The molecule has 1 aliphatic heterocycles. The molecule has 1 atom stereocenters. The Kier molecular flexibility index (Phi) is 4.61. The molecule has 122 valence electrons. The number of ether oxygens (including phenoxy) is 3. The van der Waals surface area contributed by atoms with Gasteiger partial charge >= 0.3 is 11.9 Å². The lowest BCUT2D eigenvalue weighted by Gasteiger charge is -2.09. The van der Waals surface area contributed by atoms with Crippen LogP contribution in [0.3, 0.4) is 0 Å². The van der Waals surface area contributed by atoms with Gasteiger partial charge in [0, 0.05) is 6.42 Å². The molecule has 1 unspecified atom stereocenters. The number of esters is 2. The molecule has 2 aromatic carbocycles. The molecule has 0 spiro atoms. The Morgan fingerprint density at radius 3 is 2.25 bits per heavy atom. The molecule has 0 N–H and O–H groups in total. The molecule has 0 bridgehead atoms. The molecular weight excluding hydrogens is 308 g/mol. The molecule has 1 saturated heterocycles. The van der Waals surface area contributed by atoms with Crippen molar-refractivity contribution in [3.63, 3.8) is 0 Å². The summed E-state index contributed by atoms with van der Waals surface area (Å²) in [5.74, 6) is 0.231. The Labute approximate surface area is 139 Å². The summed E-state index contributed by atoms with van der Waals surface area (Å²) < 4.78 is 15.6. The number of cyclic esters (lactones) is 1. The van der Waals surface area contributed by atoms with Crippen molar-refractivity contribution in [2.24, 2.45) is 0 Å². The first kappa shape index (κ1) is 15.8. The molecule has 1 heterocycles. The van der Waals surface area contributed by atoms with E-state index in [0.717, 1.165) is 5.56 Å². The van der Waals surface area contributed by atoms with E-state index in [0.29, 0.717) is 23.5 Å². The second-order valence-corrected chi connectivity index (χ2v) is 5.25. The minimum absolute atomic E-state index is 0.286. The van der Waals surface area contributed by atoms with E-state index in [1.54, 1.807) is 30.3 Å². The van der Waals surface area contributed by atoms with Crippen LogP contribution < -0.4 is 4.74 Å². The predicted molar refractivity (Wildman–Crippen MR) is 87.8 cm³/mol. The van der Waals surface area contributed by atoms with E-state index in [4.69, 9.17) is 14.2 Å². The summed E-state index contributed by atoms with van der Waals surface area (Å²) in [5, 5.41) is 0. The van der Waals surface area contributed by atoms with Crippen LogP contribution in [0.4, 0.5) is 0 Å². The zero-order chi connectivity index (χ0) is 16.9. The van der Waals surface area contributed by atoms with Crippen LogP contribution in [0.1, 0.15) is 22.3 Å². The maximum absolute atomic E-state index is 12.0. The van der Waals surface area contributed by atoms with Gasteiger partial charge in [0.15, 0.2) is 0 Å². The van der Waals surface area contributed by atoms with E-state index in [9.17, 15) is 9.59 Å². The molecule has 5 nitrogen and oxygen atoms in total. The Morgan fingerprint density at radius 2 is 1.71 bits per heavy atom. The van der Waals surface area contributed by atoms with Gasteiger partial charge in [-0.3, -0.25) is 0 Å². The highest BCUT2D eigenvalue weighted by Crippen LogP contribution is 2.23. The van der Waals surface area contributed by atoms with Gasteiger partial charge in [-0.2, -0.15) is 0 Å². The van der Waals surface area contributed by atoms with Crippen LogP contribution >= 0.6 is 0 Å². The molecule has 1 fully saturated rings. The van der Waals surface area contributed by atoms with Gasteiger partial charge in [0.25, 0.3) is 0 Å². The van der Waals surface area contributed by atoms with Crippen LogP contribution in [0, 0.1) is 0 Å². The van der Waals surface area contributed by atoms with Crippen molar-refractivity contribution in [1.82, 2.24) is 0 Å². The Hall–Kier alpha value is -3.08. The van der Waals surface area contributed by atoms with E-state index in [2.05, 4.69) is 6.58 Å². The van der Waals surface area contributed by atoms with Gasteiger partial charge in [0.05, 0.1) is 12.2 Å². The van der Waals surface area contributed by atoms with E-state index in [1.807, 2.05) is 24.3 Å². The van der Waals surface area contributed by atoms with Crippen LogP contribution in [-0.2, 0) is 14.3 Å². The topological polar surface area (TPSA) is 61.8 Å². The standard InChI is InChI=1S/C19H16O5/c1-2-13-3-7-15(8-4-13)23-16-9-5-14(6-10-16)18(20)24-17-11-12-22-19(17)21/h2-10,17H,1,11-12H2. The number of carbonyl (C=O) groups excluding carboxylic acids is 2. The zero-order valence-corrected chi connectivity index (χ0v) is 12.9. The number of hydrogen-bond acceptors (Lipinski definition) is 5. The molecule has 5 heteroatoms. The highest BCUT2D eigenvalue weighted by Gasteiger charge is 2.30. The molecular formula is C19H16O5. The van der Waals surface area contributed by atoms with Gasteiger partial charge in [-0.05, 0) is 42.0 Å². The van der Waals surface area contributed by atoms with E-state index in [-0.39, 0.29) is 6.61 Å². The first-order valence-electron chi connectivity index (χ1n) is 7.54. The second kappa shape index (κ2) is 7.00. The summed E-state index contributed by atoms with van der Waals surface area (Å²) in [6, 6.07) is 14.0. The Balaban J connectivity index is 1.62. The largest absolute Gasteiger partial charge is 0.463 e. The molecule has 2 aromatic rings. The van der Waals surface area contributed by atoms with Crippen molar-refractivity contribution < 1.29 is 23.8 Å². The lowest BCUT2D eigenvalue weighted by molar-refractivity contribution is -0.145. The first-order valence-corrected chi connectivity index (χ1v) is 7.54. The fourth-order valence-electron chi connectivity index (χ4n) is 2.25. The third kappa shape index (κ3) is 3.63. The van der Waals surface area contributed by atoms with Crippen molar-refractivity contribution >= 4 is 18.0 Å². The Bertz CT molecular complexity index is 746. The number of carbonyl (C=O) groups is 2. The van der Waals surface area contributed by atoms with Crippen molar-refractivity contribution in [2.75, 3.05) is 6.61 Å². The highest BCUT2D eigenvalue weighted by atomic mass is 16.6. The van der Waals surface area contributed by atoms with Crippen LogP contribution in [0.5, 0.6) is 11.5 Å². The SMILES string of the molecule is C=Cc1ccc(Oc2ccc(C(=O)OC3CCOC3=O)cc2)cc1. The van der Waals surface area contributed by atoms with Crippen LogP contribution in [0.2, 0.25) is 0 Å². The van der Waals surface area contributed by atoms with Crippen molar-refractivity contribution in [3.8, 4) is 11.5 Å². The summed E-state index contributed by atoms with van der Waals surface area (Å²) >= 11 is 0. The third-order valence-electron chi connectivity index (χ3n) is 3.58. The summed E-state index contributed by atoms with van der Waals surface area (Å²) in [5.41, 5.74) is 1.36. The van der Waals surface area contributed by atoms with Crippen LogP contribution in [0.15, 0.2) is 55.1 Å². The smallest absolute Gasteiger partial charge is 0.347 e. The van der Waals surface area contributed by atoms with Gasteiger partial charge in [-0.25, -0.2) is 9.59 Å². The van der Waals surface area contributed by atoms with Gasteiger partial charge in [-0.15, -0.1) is 0 Å². The highest BCUT2D eigenvalue weighted by molar-refractivity contribution is 5.91. The molecule has 3 rings (SSSR count). The lowest BCUT2D eigenvalue weighted by atomic mass is 10.2. The molecule has 24 heavy (non-hydrogen) atoms. The third-order valence-corrected chi connectivity index (χ3v) is 3.58. The number of hydrogen-bond donors (Lipinski definition) is 0. The fraction of sp³-hybridized carbons (Fsp3) is 0.158. The van der Waals surface area contributed by atoms with Gasteiger partial charge in [0.2, 0.25) is 6.10 Å². The average Bonchev–Trinajstić information content (AvgIpc) is 3.01. The van der Waals surface area contributed by atoms with E-state index in [1.165, 1.54) is 0 Å². The number of benzene rings is 2. The summed E-state index contributed by atoms with van der Waals surface area (Å²) in [7, 11) is 0. The van der Waals surface area contributed by atoms with Crippen LogP contribution in [0.25, 0.3) is 6.08 Å². The second-order valence-electron chi connectivity index (χ2n) is 5.25. The first-order chi connectivity index (χ1) is 11.7. The zero-order valence-electron chi connectivity index (χ0n) is 12.9. The summed E-state index contributed by atoms with van der Waals surface area (Å²) in [4.78, 5) is 23.3. The molecule has 0 aliphatic carbocycles. The van der Waals surface area contributed by atoms with Crippen molar-refractivity contribution in [2.45, 2.75) is 12.5 Å². The number of rotatable bonds is 5. The normalized spacial score (nSPS) is 16.3. The quantitative estimate of drug-likeness (QED) is 0.787. The van der Waals surface area contributed by atoms with Crippen molar-refractivity contribution in [3.05, 3.63) is 66.2 Å². The van der Waals surface area contributed by atoms with Crippen LogP contribution in [-0.4, -0.2) is 24.6 Å². The Morgan fingerprint density at radius 1 is 1.08 bits per heavy atom. The lowest BCUT2D eigenvalue weighted by Crippen LogP contribution is -2.22. The molecule has 0 amide bonds. The van der Waals surface area contributed by atoms with Gasteiger partial charge in [-0.1, -0.05) is 24.8 Å². The van der Waals surface area contributed by atoms with Crippen molar-refractivity contribution in [1.29, 1.82) is 0 Å². The maximum atomic E-state index is 12.0. The fourth-order valence-corrected chi connectivity index (χ4v) is 2.25. The molecule has 0 saturated carbocycles. The molecule has 0 radical (unpaired) electrons. The minimum atomic E-state index is -0.809. The van der Waals surface area contributed by atoms with Gasteiger partial charge < -0.3 is 14.2 Å². The summed E-state index contributed by atoms with van der Waals surface area (Å²) in [6.45, 7) is 3.98. The minimum Gasteiger partial charge on any atom is -0.463 e. The molecule has 0 aromatic heterocycles.